The number of halogens is 1. The Morgan fingerprint density at radius 1 is 1.29 bits per heavy atom. The van der Waals surface area contributed by atoms with Crippen molar-refractivity contribution in [1.82, 2.24) is 9.80 Å². The van der Waals surface area contributed by atoms with Gasteiger partial charge in [0.15, 0.2) is 0 Å². The van der Waals surface area contributed by atoms with Gasteiger partial charge in [-0.2, -0.15) is 0 Å². The molecular formula is C17H25FN2O. The van der Waals surface area contributed by atoms with Crippen molar-refractivity contribution in [3.05, 3.63) is 29.6 Å². The molecule has 21 heavy (non-hydrogen) atoms. The summed E-state index contributed by atoms with van der Waals surface area (Å²) in [4.78, 5) is 5.02. The first-order valence-electron chi connectivity index (χ1n) is 8.04. The van der Waals surface area contributed by atoms with Crippen LogP contribution in [0.3, 0.4) is 0 Å². The molecule has 0 bridgehead atoms. The fourth-order valence-corrected chi connectivity index (χ4v) is 3.95. The molecule has 2 aliphatic rings. The maximum atomic E-state index is 14.1. The van der Waals surface area contributed by atoms with Crippen molar-refractivity contribution < 1.29 is 9.50 Å². The van der Waals surface area contributed by atoms with E-state index in [9.17, 15) is 9.50 Å². The van der Waals surface area contributed by atoms with Gasteiger partial charge >= 0.3 is 0 Å². The number of benzene rings is 1. The summed E-state index contributed by atoms with van der Waals surface area (Å²) in [5.41, 5.74) is 0.684. The molecule has 2 fully saturated rings. The molecule has 3 rings (SSSR count). The highest BCUT2D eigenvalue weighted by Crippen LogP contribution is 2.32. The molecule has 3 nitrogen and oxygen atoms in total. The number of phenols is 1. The summed E-state index contributed by atoms with van der Waals surface area (Å²) in [6.45, 7) is 7.62. The van der Waals surface area contributed by atoms with Gasteiger partial charge in [-0.25, -0.2) is 4.39 Å². The van der Waals surface area contributed by atoms with E-state index in [2.05, 4.69) is 23.6 Å². The summed E-state index contributed by atoms with van der Waals surface area (Å²) < 4.78 is 14.1. The number of fused-ring (bicyclic) bond motifs is 1. The Bertz CT molecular complexity index is 508. The molecule has 1 aromatic rings. The van der Waals surface area contributed by atoms with Crippen LogP contribution in [0.4, 0.5) is 4.39 Å². The molecule has 3 atom stereocenters. The highest BCUT2D eigenvalue weighted by Gasteiger charge is 2.35. The monoisotopic (exact) mass is 292 g/mol. The van der Waals surface area contributed by atoms with Crippen LogP contribution in [-0.2, 0) is 0 Å². The van der Waals surface area contributed by atoms with Crippen molar-refractivity contribution in [1.29, 1.82) is 0 Å². The van der Waals surface area contributed by atoms with Gasteiger partial charge < -0.3 is 5.11 Å². The van der Waals surface area contributed by atoms with Crippen LogP contribution >= 0.6 is 0 Å². The summed E-state index contributed by atoms with van der Waals surface area (Å²) in [5, 5.41) is 9.38. The van der Waals surface area contributed by atoms with Crippen molar-refractivity contribution in [2.24, 2.45) is 0 Å². The zero-order valence-electron chi connectivity index (χ0n) is 12.9. The van der Waals surface area contributed by atoms with Gasteiger partial charge in [-0.05, 0) is 39.3 Å². The third kappa shape index (κ3) is 2.92. The molecular weight excluding hydrogens is 267 g/mol. The number of rotatable bonds is 2. The van der Waals surface area contributed by atoms with Crippen LogP contribution in [0.25, 0.3) is 0 Å². The maximum absolute atomic E-state index is 14.1. The number of aromatic hydroxyl groups is 1. The molecule has 1 N–H and O–H groups in total. The minimum Gasteiger partial charge on any atom is -0.508 e. The van der Waals surface area contributed by atoms with Crippen molar-refractivity contribution in [3.63, 3.8) is 0 Å². The minimum atomic E-state index is -0.305. The van der Waals surface area contributed by atoms with Gasteiger partial charge in [-0.3, -0.25) is 9.80 Å². The molecule has 0 radical (unpaired) electrons. The molecule has 1 aromatic carbocycles. The SMILES string of the molecule is CC1CN2CCCCC2CN1C(C)c1ccc(O)cc1F. The summed E-state index contributed by atoms with van der Waals surface area (Å²) in [6.07, 6.45) is 3.88. The molecule has 0 spiro atoms. The lowest BCUT2D eigenvalue weighted by Crippen LogP contribution is -2.59. The van der Waals surface area contributed by atoms with Gasteiger partial charge in [0.25, 0.3) is 0 Å². The Labute approximate surface area is 126 Å². The van der Waals surface area contributed by atoms with Gasteiger partial charge in [-0.15, -0.1) is 0 Å². The van der Waals surface area contributed by atoms with Crippen molar-refractivity contribution in [3.8, 4) is 5.75 Å². The van der Waals surface area contributed by atoms with Crippen molar-refractivity contribution in [2.75, 3.05) is 19.6 Å². The first kappa shape index (κ1) is 14.8. The second-order valence-corrected chi connectivity index (χ2v) is 6.57. The zero-order chi connectivity index (χ0) is 15.0. The maximum Gasteiger partial charge on any atom is 0.131 e. The average molecular weight is 292 g/mol. The summed E-state index contributed by atoms with van der Waals surface area (Å²) in [5.74, 6) is -0.311. The highest BCUT2D eigenvalue weighted by atomic mass is 19.1. The molecule has 3 unspecified atom stereocenters. The molecule has 2 aliphatic heterocycles. The van der Waals surface area contributed by atoms with Gasteiger partial charge in [0, 0.05) is 42.8 Å². The fraction of sp³-hybridized carbons (Fsp3) is 0.647. The molecule has 4 heteroatoms. The lowest BCUT2D eigenvalue weighted by Gasteiger charge is -2.49. The Kier molecular flexibility index (Phi) is 4.18. The van der Waals surface area contributed by atoms with Crippen molar-refractivity contribution >= 4 is 0 Å². The molecule has 0 amide bonds. The van der Waals surface area contributed by atoms with Crippen LogP contribution in [0.5, 0.6) is 5.75 Å². The number of phenolic OH excluding ortho intramolecular Hbond substituents is 1. The summed E-state index contributed by atoms with van der Waals surface area (Å²) in [7, 11) is 0. The van der Waals surface area contributed by atoms with E-state index in [1.807, 2.05) is 0 Å². The Hall–Kier alpha value is -1.13. The van der Waals surface area contributed by atoms with E-state index < -0.39 is 0 Å². The van der Waals surface area contributed by atoms with Gasteiger partial charge in [0.2, 0.25) is 0 Å². The quantitative estimate of drug-likeness (QED) is 0.907. The standard InChI is InChI=1S/C17H25FN2O/c1-12-10-19-8-4-3-5-14(19)11-20(12)13(2)16-7-6-15(21)9-17(16)18/h6-7,9,12-14,21H,3-5,8,10-11H2,1-2H3. The molecule has 2 saturated heterocycles. The third-order valence-electron chi connectivity index (χ3n) is 5.17. The van der Waals surface area contributed by atoms with Crippen LogP contribution in [0, 0.1) is 5.82 Å². The highest BCUT2D eigenvalue weighted by molar-refractivity contribution is 5.29. The first-order chi connectivity index (χ1) is 10.1. The number of piperazine rings is 1. The van der Waals surface area contributed by atoms with E-state index in [1.165, 1.54) is 31.9 Å². The Morgan fingerprint density at radius 3 is 2.86 bits per heavy atom. The normalized spacial score (nSPS) is 29.1. The topological polar surface area (TPSA) is 26.7 Å². The number of piperidine rings is 1. The molecule has 116 valence electrons. The number of nitrogens with zero attached hydrogens (tertiary/aromatic N) is 2. The predicted molar refractivity (Wildman–Crippen MR) is 81.9 cm³/mol. The van der Waals surface area contributed by atoms with E-state index in [-0.39, 0.29) is 17.6 Å². The van der Waals surface area contributed by atoms with E-state index >= 15 is 0 Å². The average Bonchev–Trinajstić information content (AvgIpc) is 2.46. The molecule has 0 saturated carbocycles. The largest absolute Gasteiger partial charge is 0.508 e. The van der Waals surface area contributed by atoms with Crippen LogP contribution < -0.4 is 0 Å². The van der Waals surface area contributed by atoms with Crippen LogP contribution in [0.2, 0.25) is 0 Å². The molecule has 0 aromatic heterocycles. The number of hydrogen-bond acceptors (Lipinski definition) is 3. The summed E-state index contributed by atoms with van der Waals surface area (Å²) >= 11 is 0. The van der Waals surface area contributed by atoms with E-state index in [1.54, 1.807) is 12.1 Å². The van der Waals surface area contributed by atoms with Crippen molar-refractivity contribution in [2.45, 2.75) is 51.2 Å². The van der Waals surface area contributed by atoms with E-state index in [0.29, 0.717) is 17.6 Å². The molecule has 0 aliphatic carbocycles. The van der Waals surface area contributed by atoms with Crippen LogP contribution in [0.1, 0.15) is 44.7 Å². The van der Waals surface area contributed by atoms with Gasteiger partial charge in [0.1, 0.15) is 11.6 Å². The van der Waals surface area contributed by atoms with Crippen LogP contribution in [-0.4, -0.2) is 46.6 Å². The van der Waals surface area contributed by atoms with E-state index in [0.717, 1.165) is 13.1 Å². The lowest BCUT2D eigenvalue weighted by atomic mass is 9.94. The summed E-state index contributed by atoms with van der Waals surface area (Å²) in [6, 6.07) is 5.61. The Morgan fingerprint density at radius 2 is 2.10 bits per heavy atom. The fourth-order valence-electron chi connectivity index (χ4n) is 3.95. The van der Waals surface area contributed by atoms with Gasteiger partial charge in [0.05, 0.1) is 0 Å². The second-order valence-electron chi connectivity index (χ2n) is 6.57. The zero-order valence-corrected chi connectivity index (χ0v) is 12.9. The first-order valence-corrected chi connectivity index (χ1v) is 8.04. The van der Waals surface area contributed by atoms with Gasteiger partial charge in [-0.1, -0.05) is 12.5 Å². The molecule has 2 heterocycles. The second kappa shape index (κ2) is 5.93. The Balaban J connectivity index is 1.78. The lowest BCUT2D eigenvalue weighted by molar-refractivity contribution is -0.00526. The van der Waals surface area contributed by atoms with E-state index in [4.69, 9.17) is 0 Å². The third-order valence-corrected chi connectivity index (χ3v) is 5.17. The smallest absolute Gasteiger partial charge is 0.131 e. The van der Waals surface area contributed by atoms with Crippen LogP contribution in [0.15, 0.2) is 18.2 Å². The number of hydrogen-bond donors (Lipinski definition) is 1. The predicted octanol–water partition coefficient (Wildman–Crippen LogP) is 3.15. The minimum absolute atomic E-state index is 0.00593.